The molecule has 2 aromatic rings. The maximum atomic E-state index is 12.4. The number of hydrogen-bond acceptors (Lipinski definition) is 7. The Morgan fingerprint density at radius 1 is 0.800 bits per heavy atom. The summed E-state index contributed by atoms with van der Waals surface area (Å²) in [6.07, 6.45) is -1.17. The first-order valence-corrected chi connectivity index (χ1v) is 7.81. The number of carbonyl (C=O) groups is 1. The minimum Gasteiger partial charge on any atom is -0.504 e. The van der Waals surface area contributed by atoms with E-state index in [1.165, 1.54) is 24.3 Å². The van der Waals surface area contributed by atoms with Crippen molar-refractivity contribution in [2.75, 3.05) is 6.61 Å². The lowest BCUT2D eigenvalue weighted by molar-refractivity contribution is -0.148. The average Bonchev–Trinajstić information content (AvgIpc) is 3.15. The molecule has 0 radical (unpaired) electrons. The molecule has 7 nitrogen and oxygen atoms in total. The first kappa shape index (κ1) is 15.6. The Bertz CT molecular complexity index is 798. The fraction of sp³-hybridized carbons (Fsp3) is 0.278. The van der Waals surface area contributed by atoms with Crippen molar-refractivity contribution in [1.29, 1.82) is 0 Å². The minimum atomic E-state index is -0.584. The van der Waals surface area contributed by atoms with Crippen LogP contribution in [0.25, 0.3) is 0 Å². The van der Waals surface area contributed by atoms with Crippen LogP contribution in [0.4, 0.5) is 0 Å². The van der Waals surface area contributed by atoms with Crippen molar-refractivity contribution in [3.8, 4) is 23.0 Å². The lowest BCUT2D eigenvalue weighted by Crippen LogP contribution is -2.17. The molecule has 7 heteroatoms. The SMILES string of the molecule is O=C1O[C@@H](c2ccc(O)c(O)c2)[C@@H]2CO[C@@H](c3ccc(O)c(O)c3)[C@H]12. The molecule has 4 N–H and O–H groups in total. The van der Waals surface area contributed by atoms with Gasteiger partial charge in [0.25, 0.3) is 0 Å². The third kappa shape index (κ3) is 2.44. The van der Waals surface area contributed by atoms with Gasteiger partial charge in [0.15, 0.2) is 23.0 Å². The van der Waals surface area contributed by atoms with E-state index in [9.17, 15) is 25.2 Å². The van der Waals surface area contributed by atoms with Crippen molar-refractivity contribution in [2.24, 2.45) is 11.8 Å². The van der Waals surface area contributed by atoms with E-state index in [1.807, 2.05) is 0 Å². The van der Waals surface area contributed by atoms with Crippen molar-refractivity contribution in [3.05, 3.63) is 47.5 Å². The summed E-state index contributed by atoms with van der Waals surface area (Å²) in [4.78, 5) is 12.4. The predicted octanol–water partition coefficient (Wildman–Crippen LogP) is 2.11. The number of aromatic hydroxyl groups is 4. The van der Waals surface area contributed by atoms with Gasteiger partial charge in [0.05, 0.1) is 18.6 Å². The number of hydrogen-bond donors (Lipinski definition) is 4. The number of esters is 1. The van der Waals surface area contributed by atoms with Gasteiger partial charge in [0.2, 0.25) is 0 Å². The Labute approximate surface area is 142 Å². The Hall–Kier alpha value is -2.93. The molecular formula is C18H16O7. The maximum absolute atomic E-state index is 12.4. The summed E-state index contributed by atoms with van der Waals surface area (Å²) in [5, 5.41) is 38.2. The van der Waals surface area contributed by atoms with Crippen molar-refractivity contribution in [3.63, 3.8) is 0 Å². The highest BCUT2D eigenvalue weighted by molar-refractivity contribution is 5.77. The van der Waals surface area contributed by atoms with Crippen molar-refractivity contribution >= 4 is 5.97 Å². The summed E-state index contributed by atoms with van der Waals surface area (Å²) in [7, 11) is 0. The molecule has 0 unspecified atom stereocenters. The second-order valence-electron chi connectivity index (χ2n) is 6.30. The Kier molecular flexibility index (Phi) is 3.47. The fourth-order valence-corrected chi connectivity index (χ4v) is 3.57. The van der Waals surface area contributed by atoms with Crippen LogP contribution in [0.1, 0.15) is 23.3 Å². The normalized spacial score (nSPS) is 27.9. The lowest BCUT2D eigenvalue weighted by atomic mass is 9.84. The molecule has 0 saturated carbocycles. The van der Waals surface area contributed by atoms with Crippen LogP contribution in [-0.2, 0) is 14.3 Å². The van der Waals surface area contributed by atoms with Gasteiger partial charge in [-0.3, -0.25) is 4.79 Å². The van der Waals surface area contributed by atoms with Gasteiger partial charge in [-0.25, -0.2) is 0 Å². The zero-order valence-electron chi connectivity index (χ0n) is 13.0. The molecule has 0 bridgehead atoms. The number of fused-ring (bicyclic) bond motifs is 1. The summed E-state index contributed by atoms with van der Waals surface area (Å²) < 4.78 is 11.3. The monoisotopic (exact) mass is 344 g/mol. The third-order valence-electron chi connectivity index (χ3n) is 4.82. The second kappa shape index (κ2) is 5.56. The molecule has 2 aliphatic rings. The van der Waals surface area contributed by atoms with Gasteiger partial charge in [-0.15, -0.1) is 0 Å². The van der Waals surface area contributed by atoms with E-state index in [0.29, 0.717) is 11.1 Å². The quantitative estimate of drug-likeness (QED) is 0.487. The molecule has 0 aromatic heterocycles. The largest absolute Gasteiger partial charge is 0.504 e. The molecular weight excluding hydrogens is 328 g/mol. The molecule has 2 aliphatic heterocycles. The molecule has 2 aromatic carbocycles. The van der Waals surface area contributed by atoms with Crippen LogP contribution >= 0.6 is 0 Å². The Morgan fingerprint density at radius 2 is 1.36 bits per heavy atom. The van der Waals surface area contributed by atoms with E-state index < -0.39 is 24.1 Å². The van der Waals surface area contributed by atoms with Crippen LogP contribution in [0.2, 0.25) is 0 Å². The molecule has 25 heavy (non-hydrogen) atoms. The van der Waals surface area contributed by atoms with Gasteiger partial charge >= 0.3 is 5.97 Å². The van der Waals surface area contributed by atoms with Crippen LogP contribution in [0.5, 0.6) is 23.0 Å². The zero-order valence-corrected chi connectivity index (χ0v) is 13.0. The van der Waals surface area contributed by atoms with E-state index in [4.69, 9.17) is 9.47 Å². The van der Waals surface area contributed by atoms with E-state index in [-0.39, 0.29) is 35.5 Å². The molecule has 0 spiro atoms. The molecule has 2 heterocycles. The second-order valence-corrected chi connectivity index (χ2v) is 6.30. The summed E-state index contributed by atoms with van der Waals surface area (Å²) in [6.45, 7) is 0.273. The van der Waals surface area contributed by atoms with E-state index in [2.05, 4.69) is 0 Å². The van der Waals surface area contributed by atoms with Gasteiger partial charge in [-0.2, -0.15) is 0 Å². The van der Waals surface area contributed by atoms with Crippen molar-refractivity contribution in [1.82, 2.24) is 0 Å². The maximum Gasteiger partial charge on any atom is 0.313 e. The summed E-state index contributed by atoms with van der Waals surface area (Å²) >= 11 is 0. The van der Waals surface area contributed by atoms with Crippen LogP contribution in [0.15, 0.2) is 36.4 Å². The standard InChI is InChI=1S/C18H16O7/c19-11-3-1-8(5-13(11)21)16-10-7-24-17(15(10)18(23)25-16)9-2-4-12(20)14(22)6-9/h1-6,10,15-17,19-22H,7H2/t10-,15-,16+,17+/m1/s1. The van der Waals surface area contributed by atoms with Crippen molar-refractivity contribution in [2.45, 2.75) is 12.2 Å². The minimum absolute atomic E-state index is 0.246. The number of phenols is 4. The number of carbonyl (C=O) groups excluding carboxylic acids is 1. The highest BCUT2D eigenvalue weighted by atomic mass is 16.6. The molecule has 2 saturated heterocycles. The van der Waals surface area contributed by atoms with Gasteiger partial charge in [0.1, 0.15) is 6.10 Å². The molecule has 0 amide bonds. The number of benzene rings is 2. The first-order chi connectivity index (χ1) is 12.0. The van der Waals surface area contributed by atoms with E-state index in [1.54, 1.807) is 12.1 Å². The van der Waals surface area contributed by atoms with E-state index >= 15 is 0 Å². The van der Waals surface area contributed by atoms with Crippen LogP contribution in [-0.4, -0.2) is 33.0 Å². The lowest BCUT2D eigenvalue weighted by Gasteiger charge is -2.15. The first-order valence-electron chi connectivity index (χ1n) is 7.81. The highest BCUT2D eigenvalue weighted by Crippen LogP contribution is 2.52. The molecule has 4 atom stereocenters. The van der Waals surface area contributed by atoms with Crippen LogP contribution in [0, 0.1) is 11.8 Å². The summed E-state index contributed by atoms with van der Waals surface area (Å²) in [5.41, 5.74) is 1.16. The number of ether oxygens (including phenoxy) is 2. The van der Waals surface area contributed by atoms with Crippen LogP contribution < -0.4 is 0 Å². The van der Waals surface area contributed by atoms with Gasteiger partial charge in [-0.1, -0.05) is 12.1 Å². The highest BCUT2D eigenvalue weighted by Gasteiger charge is 2.54. The Morgan fingerprint density at radius 3 is 1.92 bits per heavy atom. The van der Waals surface area contributed by atoms with Gasteiger partial charge in [0, 0.05) is 5.92 Å². The van der Waals surface area contributed by atoms with Gasteiger partial charge in [-0.05, 0) is 35.4 Å². The predicted molar refractivity (Wildman–Crippen MR) is 84.0 cm³/mol. The molecule has 4 rings (SSSR count). The third-order valence-corrected chi connectivity index (χ3v) is 4.82. The Balaban J connectivity index is 1.65. The molecule has 2 fully saturated rings. The summed E-state index contributed by atoms with van der Waals surface area (Å²) in [6, 6.07) is 8.61. The zero-order chi connectivity index (χ0) is 17.7. The van der Waals surface area contributed by atoms with Crippen molar-refractivity contribution < 1.29 is 34.7 Å². The van der Waals surface area contributed by atoms with Gasteiger partial charge < -0.3 is 29.9 Å². The molecule has 130 valence electrons. The molecule has 0 aliphatic carbocycles. The fourth-order valence-electron chi connectivity index (χ4n) is 3.57. The van der Waals surface area contributed by atoms with Crippen LogP contribution in [0.3, 0.4) is 0 Å². The smallest absolute Gasteiger partial charge is 0.313 e. The average molecular weight is 344 g/mol. The number of phenolic OH excluding ortho intramolecular Hbond substituents is 4. The number of cyclic esters (lactones) is 1. The topological polar surface area (TPSA) is 116 Å². The summed E-state index contributed by atoms with van der Waals surface area (Å²) in [5.74, 6) is -2.28. The number of rotatable bonds is 2. The van der Waals surface area contributed by atoms with E-state index in [0.717, 1.165) is 0 Å².